The van der Waals surface area contributed by atoms with Crippen LogP contribution in [0, 0.1) is 5.92 Å². The van der Waals surface area contributed by atoms with Gasteiger partial charge in [0.05, 0.1) is 23.5 Å². The normalized spacial score (nSPS) is 23.4. The molecule has 3 rings (SSSR count). The van der Waals surface area contributed by atoms with Gasteiger partial charge >= 0.3 is 0 Å². The highest BCUT2D eigenvalue weighted by Crippen LogP contribution is 2.34. The molecule has 2 saturated heterocycles. The molecule has 7 nitrogen and oxygen atoms in total. The van der Waals surface area contributed by atoms with Crippen LogP contribution in [0.25, 0.3) is 0 Å². The van der Waals surface area contributed by atoms with Crippen molar-refractivity contribution >= 4 is 11.8 Å². The van der Waals surface area contributed by atoms with Crippen LogP contribution in [0.2, 0.25) is 0 Å². The Kier molecular flexibility index (Phi) is 3.92. The molecule has 0 unspecified atom stereocenters. The number of carbonyl (C=O) groups excluding carboxylic acids is 2. The van der Waals surface area contributed by atoms with Crippen LogP contribution in [0.3, 0.4) is 0 Å². The van der Waals surface area contributed by atoms with Crippen LogP contribution in [0.15, 0.2) is 6.20 Å². The molecule has 7 heteroatoms. The van der Waals surface area contributed by atoms with Crippen molar-refractivity contribution in [2.45, 2.75) is 31.7 Å². The van der Waals surface area contributed by atoms with Gasteiger partial charge in [-0.25, -0.2) is 0 Å². The zero-order chi connectivity index (χ0) is 14.8. The molecule has 0 aliphatic carbocycles. The van der Waals surface area contributed by atoms with E-state index in [1.165, 1.54) is 6.20 Å². The van der Waals surface area contributed by atoms with E-state index >= 15 is 0 Å². The maximum atomic E-state index is 12.7. The summed E-state index contributed by atoms with van der Waals surface area (Å²) >= 11 is 0. The number of H-pyrrole nitrogens is 1. The number of nitrogens with zero attached hydrogens (tertiary/aromatic N) is 2. The second-order valence-electron chi connectivity index (χ2n) is 5.64. The van der Waals surface area contributed by atoms with Gasteiger partial charge in [-0.3, -0.25) is 14.7 Å². The lowest BCUT2D eigenvalue weighted by Crippen LogP contribution is -2.38. The van der Waals surface area contributed by atoms with Crippen LogP contribution < -0.4 is 5.73 Å². The van der Waals surface area contributed by atoms with Crippen LogP contribution in [-0.2, 0) is 9.53 Å². The molecule has 3 N–H and O–H groups in total. The number of amides is 2. The molecule has 114 valence electrons. The van der Waals surface area contributed by atoms with E-state index in [1.807, 2.05) is 4.90 Å². The van der Waals surface area contributed by atoms with Crippen LogP contribution in [0.5, 0.6) is 0 Å². The molecule has 0 spiro atoms. The molecule has 2 amide bonds. The Morgan fingerprint density at radius 1 is 1.33 bits per heavy atom. The minimum absolute atomic E-state index is 0.0271. The van der Waals surface area contributed by atoms with Crippen molar-refractivity contribution in [3.8, 4) is 0 Å². The van der Waals surface area contributed by atoms with Crippen molar-refractivity contribution in [1.82, 2.24) is 15.1 Å². The Bertz CT molecular complexity index is 536. The molecule has 1 aromatic rings. The first-order valence-electron chi connectivity index (χ1n) is 7.39. The zero-order valence-corrected chi connectivity index (χ0v) is 11.9. The number of ether oxygens (including phenoxy) is 1. The van der Waals surface area contributed by atoms with E-state index < -0.39 is 5.91 Å². The highest BCUT2D eigenvalue weighted by atomic mass is 16.5. The van der Waals surface area contributed by atoms with E-state index in [4.69, 9.17) is 10.5 Å². The topological polar surface area (TPSA) is 101 Å². The number of rotatable bonds is 3. The molecule has 0 aromatic carbocycles. The van der Waals surface area contributed by atoms with Crippen molar-refractivity contribution < 1.29 is 14.3 Å². The first-order chi connectivity index (χ1) is 10.2. The Labute approximate surface area is 122 Å². The summed E-state index contributed by atoms with van der Waals surface area (Å²) < 4.78 is 5.31. The molecular weight excluding hydrogens is 272 g/mol. The molecular formula is C14H20N4O3. The van der Waals surface area contributed by atoms with Crippen LogP contribution in [0.1, 0.15) is 47.8 Å². The summed E-state index contributed by atoms with van der Waals surface area (Å²) in [7, 11) is 0. The second kappa shape index (κ2) is 5.85. The Morgan fingerprint density at radius 2 is 2.10 bits per heavy atom. The van der Waals surface area contributed by atoms with Gasteiger partial charge in [-0.1, -0.05) is 0 Å². The van der Waals surface area contributed by atoms with Crippen LogP contribution in [-0.4, -0.2) is 46.7 Å². The van der Waals surface area contributed by atoms with Crippen LogP contribution in [0.4, 0.5) is 0 Å². The molecule has 21 heavy (non-hydrogen) atoms. The van der Waals surface area contributed by atoms with Crippen molar-refractivity contribution in [1.29, 1.82) is 0 Å². The van der Waals surface area contributed by atoms with Gasteiger partial charge < -0.3 is 15.4 Å². The summed E-state index contributed by atoms with van der Waals surface area (Å²) in [5, 5.41) is 6.76. The number of likely N-dealkylation sites (tertiary alicyclic amines) is 1. The third-order valence-electron chi connectivity index (χ3n) is 4.37. The molecule has 3 heterocycles. The van der Waals surface area contributed by atoms with E-state index in [0.717, 1.165) is 32.2 Å². The average molecular weight is 292 g/mol. The first kappa shape index (κ1) is 14.1. The van der Waals surface area contributed by atoms with Crippen molar-refractivity contribution in [2.24, 2.45) is 11.7 Å². The maximum Gasteiger partial charge on any atom is 0.252 e. The van der Waals surface area contributed by atoms with Gasteiger partial charge in [0, 0.05) is 25.7 Å². The van der Waals surface area contributed by atoms with E-state index in [2.05, 4.69) is 10.2 Å². The fourth-order valence-electron chi connectivity index (χ4n) is 3.26. The number of carbonyl (C=O) groups is 2. The molecule has 0 radical (unpaired) electrons. The highest BCUT2D eigenvalue weighted by molar-refractivity contribution is 5.94. The Balaban J connectivity index is 1.80. The van der Waals surface area contributed by atoms with E-state index in [-0.39, 0.29) is 17.9 Å². The summed E-state index contributed by atoms with van der Waals surface area (Å²) in [6, 6.07) is -0.120. The van der Waals surface area contributed by atoms with Gasteiger partial charge in [0.25, 0.3) is 5.91 Å². The molecule has 2 fully saturated rings. The largest absolute Gasteiger partial charge is 0.381 e. The van der Waals surface area contributed by atoms with Gasteiger partial charge in [0.1, 0.15) is 0 Å². The summed E-state index contributed by atoms with van der Waals surface area (Å²) in [4.78, 5) is 26.0. The quantitative estimate of drug-likeness (QED) is 0.851. The SMILES string of the molecule is NC(=O)c1cn[nH]c1[C@H]1CCCN1C(=O)C1CCOCC1. The standard InChI is InChI=1S/C14H20N4O3/c15-13(19)10-8-16-17-12(10)11-2-1-5-18(11)14(20)9-3-6-21-7-4-9/h8-9,11H,1-7H2,(H2,15,19)(H,16,17)/t11-/m1/s1. The van der Waals surface area contributed by atoms with Crippen molar-refractivity contribution in [3.05, 3.63) is 17.5 Å². The lowest BCUT2D eigenvalue weighted by molar-refractivity contribution is -0.139. The number of primary amides is 1. The predicted molar refractivity (Wildman–Crippen MR) is 74.3 cm³/mol. The highest BCUT2D eigenvalue weighted by Gasteiger charge is 2.36. The molecule has 2 aliphatic heterocycles. The smallest absolute Gasteiger partial charge is 0.252 e. The number of nitrogens with two attached hydrogens (primary N) is 1. The number of hydrogen-bond donors (Lipinski definition) is 2. The molecule has 0 saturated carbocycles. The lowest BCUT2D eigenvalue weighted by atomic mass is 9.97. The number of nitrogens with one attached hydrogen (secondary N) is 1. The van der Waals surface area contributed by atoms with E-state index in [1.54, 1.807) is 0 Å². The molecule has 1 aromatic heterocycles. The minimum atomic E-state index is -0.510. The van der Waals surface area contributed by atoms with Gasteiger partial charge in [-0.15, -0.1) is 0 Å². The van der Waals surface area contributed by atoms with E-state index in [0.29, 0.717) is 24.5 Å². The summed E-state index contributed by atoms with van der Waals surface area (Å²) in [6.07, 6.45) is 4.74. The predicted octanol–water partition coefficient (Wildman–Crippen LogP) is 0.599. The van der Waals surface area contributed by atoms with Crippen molar-refractivity contribution in [3.63, 3.8) is 0 Å². The van der Waals surface area contributed by atoms with Gasteiger partial charge in [-0.2, -0.15) is 5.10 Å². The molecule has 0 bridgehead atoms. The second-order valence-corrected chi connectivity index (χ2v) is 5.64. The van der Waals surface area contributed by atoms with Crippen molar-refractivity contribution in [2.75, 3.05) is 19.8 Å². The fraction of sp³-hybridized carbons (Fsp3) is 0.643. The third-order valence-corrected chi connectivity index (χ3v) is 4.37. The summed E-state index contributed by atoms with van der Waals surface area (Å²) in [5.74, 6) is -0.325. The lowest BCUT2D eigenvalue weighted by Gasteiger charge is -2.30. The minimum Gasteiger partial charge on any atom is -0.381 e. The summed E-state index contributed by atoms with van der Waals surface area (Å²) in [6.45, 7) is 2.01. The van der Waals surface area contributed by atoms with Gasteiger partial charge in [-0.05, 0) is 25.7 Å². The average Bonchev–Trinajstić information content (AvgIpc) is 3.15. The number of hydrogen-bond acceptors (Lipinski definition) is 4. The van der Waals surface area contributed by atoms with Gasteiger partial charge in [0.2, 0.25) is 5.91 Å². The molecule has 1 atom stereocenters. The number of aromatic amines is 1. The zero-order valence-electron chi connectivity index (χ0n) is 11.9. The Morgan fingerprint density at radius 3 is 2.81 bits per heavy atom. The van der Waals surface area contributed by atoms with E-state index in [9.17, 15) is 9.59 Å². The van der Waals surface area contributed by atoms with Crippen LogP contribution >= 0.6 is 0 Å². The maximum absolute atomic E-state index is 12.7. The Hall–Kier alpha value is -1.89. The number of aromatic nitrogens is 2. The molecule has 2 aliphatic rings. The van der Waals surface area contributed by atoms with Gasteiger partial charge in [0.15, 0.2) is 0 Å². The summed E-state index contributed by atoms with van der Waals surface area (Å²) in [5.41, 5.74) is 6.42. The monoisotopic (exact) mass is 292 g/mol. The third kappa shape index (κ3) is 2.65. The first-order valence-corrected chi connectivity index (χ1v) is 7.39. The fourth-order valence-corrected chi connectivity index (χ4v) is 3.26.